The van der Waals surface area contributed by atoms with E-state index in [0.717, 1.165) is 38.8 Å². The van der Waals surface area contributed by atoms with Crippen molar-refractivity contribution in [2.24, 2.45) is 0 Å². The van der Waals surface area contributed by atoms with E-state index in [1.54, 1.807) is 0 Å². The van der Waals surface area contributed by atoms with Gasteiger partial charge in [0.15, 0.2) is 0 Å². The van der Waals surface area contributed by atoms with E-state index in [0.29, 0.717) is 6.61 Å². The van der Waals surface area contributed by atoms with Crippen LogP contribution in [0.15, 0.2) is 47.8 Å². The number of thiazole rings is 1. The summed E-state index contributed by atoms with van der Waals surface area (Å²) in [4.78, 5) is 17.0. The minimum atomic E-state index is -0.0614. The van der Waals surface area contributed by atoms with E-state index in [4.69, 9.17) is 4.74 Å². The Morgan fingerprint density at radius 1 is 1.19 bits per heavy atom. The van der Waals surface area contributed by atoms with Crippen molar-refractivity contribution < 1.29 is 9.53 Å². The number of aromatic nitrogens is 1. The lowest BCUT2D eigenvalue weighted by Gasteiger charge is -2.09. The molecular weight excluding hydrogens is 344 g/mol. The molecule has 1 N–H and O–H groups in total. The van der Waals surface area contributed by atoms with Crippen LogP contribution in [0.3, 0.4) is 0 Å². The van der Waals surface area contributed by atoms with E-state index in [1.807, 2.05) is 68.6 Å². The Bertz CT molecular complexity index is 918. The Kier molecular flexibility index (Phi) is 5.68. The fourth-order valence-electron chi connectivity index (χ4n) is 2.67. The van der Waals surface area contributed by atoms with Gasteiger partial charge < -0.3 is 10.1 Å². The first-order valence-corrected chi connectivity index (χ1v) is 9.48. The molecule has 0 unspecified atom stereocenters. The lowest BCUT2D eigenvalue weighted by Crippen LogP contribution is -2.15. The van der Waals surface area contributed by atoms with Crippen LogP contribution in [0.4, 0.5) is 5.69 Å². The monoisotopic (exact) mass is 366 g/mol. The second-order valence-corrected chi connectivity index (χ2v) is 6.97. The van der Waals surface area contributed by atoms with Gasteiger partial charge in [0.1, 0.15) is 10.8 Å². The molecule has 3 aromatic rings. The van der Waals surface area contributed by atoms with E-state index in [2.05, 4.69) is 10.3 Å². The molecular formula is C21H22N2O2S. The zero-order valence-corrected chi connectivity index (χ0v) is 16.0. The zero-order valence-electron chi connectivity index (χ0n) is 15.2. The van der Waals surface area contributed by atoms with Gasteiger partial charge >= 0.3 is 0 Å². The van der Waals surface area contributed by atoms with Crippen molar-refractivity contribution in [3.8, 4) is 16.3 Å². The number of rotatable bonds is 6. The number of benzene rings is 2. The molecule has 0 atom stereocenters. The fourth-order valence-corrected chi connectivity index (χ4v) is 3.52. The largest absolute Gasteiger partial charge is 0.493 e. The predicted octanol–water partition coefficient (Wildman–Crippen LogP) is 5.01. The third-order valence-electron chi connectivity index (χ3n) is 3.98. The van der Waals surface area contributed by atoms with Gasteiger partial charge in [-0.15, -0.1) is 11.3 Å². The quantitative estimate of drug-likeness (QED) is 0.667. The van der Waals surface area contributed by atoms with Crippen molar-refractivity contribution in [2.75, 3.05) is 11.9 Å². The van der Waals surface area contributed by atoms with Crippen LogP contribution in [0.5, 0.6) is 5.75 Å². The summed E-state index contributed by atoms with van der Waals surface area (Å²) in [5, 5.41) is 5.78. The highest BCUT2D eigenvalue weighted by Gasteiger charge is 2.13. The number of carbonyl (C=O) groups excluding carboxylic acids is 1. The number of nitrogens with one attached hydrogen (secondary N) is 1. The third-order valence-corrected chi connectivity index (χ3v) is 4.90. The van der Waals surface area contributed by atoms with E-state index >= 15 is 0 Å². The lowest BCUT2D eigenvalue weighted by molar-refractivity contribution is -0.115. The number of carbonyl (C=O) groups is 1. The maximum atomic E-state index is 12.4. The average Bonchev–Trinajstić information content (AvgIpc) is 3.07. The number of amides is 1. The van der Waals surface area contributed by atoms with Crippen molar-refractivity contribution in [3.63, 3.8) is 0 Å². The molecule has 3 rings (SSSR count). The summed E-state index contributed by atoms with van der Waals surface area (Å²) in [5.74, 6) is 0.754. The molecule has 1 aromatic heterocycles. The van der Waals surface area contributed by atoms with Gasteiger partial charge in [0, 0.05) is 11.1 Å². The smallest absolute Gasteiger partial charge is 0.230 e. The van der Waals surface area contributed by atoms with Crippen LogP contribution < -0.4 is 10.1 Å². The van der Waals surface area contributed by atoms with Crippen molar-refractivity contribution in [1.82, 2.24) is 4.98 Å². The molecule has 1 amide bonds. The van der Waals surface area contributed by atoms with E-state index in [1.165, 1.54) is 11.3 Å². The SMILES string of the molecule is CCOc1ccccc1-c1nc(CC(=O)Nc2cc(C)ccc2C)cs1. The van der Waals surface area contributed by atoms with Crippen LogP contribution in [-0.4, -0.2) is 17.5 Å². The Morgan fingerprint density at radius 3 is 2.81 bits per heavy atom. The Morgan fingerprint density at radius 2 is 2.00 bits per heavy atom. The molecule has 0 saturated heterocycles. The minimum absolute atomic E-state index is 0.0614. The maximum absolute atomic E-state index is 12.4. The Balaban J connectivity index is 1.72. The van der Waals surface area contributed by atoms with Gasteiger partial charge in [0.2, 0.25) is 5.91 Å². The van der Waals surface area contributed by atoms with Crippen molar-refractivity contribution in [2.45, 2.75) is 27.2 Å². The summed E-state index contributed by atoms with van der Waals surface area (Å²) in [6.45, 7) is 6.56. The molecule has 0 aliphatic carbocycles. The van der Waals surface area contributed by atoms with Crippen LogP contribution >= 0.6 is 11.3 Å². The summed E-state index contributed by atoms with van der Waals surface area (Å²) in [6.07, 6.45) is 0.251. The van der Waals surface area contributed by atoms with Gasteiger partial charge in [0.05, 0.1) is 24.3 Å². The van der Waals surface area contributed by atoms with Crippen LogP contribution in [0, 0.1) is 13.8 Å². The van der Waals surface area contributed by atoms with Gasteiger partial charge in [-0.25, -0.2) is 4.98 Å². The molecule has 26 heavy (non-hydrogen) atoms. The van der Waals surface area contributed by atoms with E-state index in [-0.39, 0.29) is 12.3 Å². The average molecular weight is 366 g/mol. The summed E-state index contributed by atoms with van der Waals surface area (Å²) >= 11 is 1.53. The first-order chi connectivity index (χ1) is 12.6. The highest BCUT2D eigenvalue weighted by atomic mass is 32.1. The summed E-state index contributed by atoms with van der Waals surface area (Å²) in [5.41, 5.74) is 4.75. The molecule has 0 spiro atoms. The number of hydrogen-bond donors (Lipinski definition) is 1. The Labute approximate surface area is 157 Å². The van der Waals surface area contributed by atoms with Crippen LogP contribution in [0.25, 0.3) is 10.6 Å². The summed E-state index contributed by atoms with van der Waals surface area (Å²) in [7, 11) is 0. The van der Waals surface area contributed by atoms with E-state index < -0.39 is 0 Å². The van der Waals surface area contributed by atoms with Crippen LogP contribution in [0.1, 0.15) is 23.7 Å². The van der Waals surface area contributed by atoms with Crippen molar-refractivity contribution in [3.05, 3.63) is 64.7 Å². The summed E-state index contributed by atoms with van der Waals surface area (Å²) in [6, 6.07) is 13.9. The van der Waals surface area contributed by atoms with Gasteiger partial charge in [0.25, 0.3) is 0 Å². The molecule has 1 heterocycles. The van der Waals surface area contributed by atoms with Gasteiger partial charge in [-0.3, -0.25) is 4.79 Å². The standard InChI is InChI=1S/C21H22N2O2S/c1-4-25-19-8-6-5-7-17(19)21-22-16(13-26-21)12-20(24)23-18-11-14(2)9-10-15(18)3/h5-11,13H,4,12H2,1-3H3,(H,23,24). The lowest BCUT2D eigenvalue weighted by atomic mass is 10.1. The van der Waals surface area contributed by atoms with Gasteiger partial charge in [-0.2, -0.15) is 0 Å². The Hall–Kier alpha value is -2.66. The molecule has 4 nitrogen and oxygen atoms in total. The number of hydrogen-bond acceptors (Lipinski definition) is 4. The van der Waals surface area contributed by atoms with Crippen molar-refractivity contribution in [1.29, 1.82) is 0 Å². The molecule has 134 valence electrons. The zero-order chi connectivity index (χ0) is 18.5. The van der Waals surface area contributed by atoms with E-state index in [9.17, 15) is 4.79 Å². The molecule has 0 saturated carbocycles. The number of anilines is 1. The van der Waals surface area contributed by atoms with Crippen LogP contribution in [0.2, 0.25) is 0 Å². The second kappa shape index (κ2) is 8.15. The molecule has 2 aromatic carbocycles. The maximum Gasteiger partial charge on any atom is 0.230 e. The highest BCUT2D eigenvalue weighted by molar-refractivity contribution is 7.13. The number of para-hydroxylation sites is 1. The number of nitrogens with zero attached hydrogens (tertiary/aromatic N) is 1. The minimum Gasteiger partial charge on any atom is -0.493 e. The molecule has 0 radical (unpaired) electrons. The van der Waals surface area contributed by atoms with Gasteiger partial charge in [-0.1, -0.05) is 24.3 Å². The first-order valence-electron chi connectivity index (χ1n) is 8.60. The molecule has 0 bridgehead atoms. The molecule has 0 fully saturated rings. The molecule has 5 heteroatoms. The topological polar surface area (TPSA) is 51.2 Å². The fraction of sp³-hybridized carbons (Fsp3) is 0.238. The van der Waals surface area contributed by atoms with Gasteiger partial charge in [-0.05, 0) is 50.1 Å². The third kappa shape index (κ3) is 4.29. The number of aryl methyl sites for hydroxylation is 2. The highest BCUT2D eigenvalue weighted by Crippen LogP contribution is 2.32. The second-order valence-electron chi connectivity index (χ2n) is 6.12. The predicted molar refractivity (Wildman–Crippen MR) is 107 cm³/mol. The summed E-state index contributed by atoms with van der Waals surface area (Å²) < 4.78 is 5.67. The molecule has 0 aliphatic heterocycles. The number of ether oxygens (including phenoxy) is 1. The molecule has 0 aliphatic rings. The van der Waals surface area contributed by atoms with Crippen LogP contribution in [-0.2, 0) is 11.2 Å². The van der Waals surface area contributed by atoms with Crippen molar-refractivity contribution >= 4 is 22.9 Å². The normalized spacial score (nSPS) is 10.6. The first kappa shape index (κ1) is 18.1.